The second kappa shape index (κ2) is 7.96. The van der Waals surface area contributed by atoms with Crippen molar-refractivity contribution < 1.29 is 9.59 Å². The van der Waals surface area contributed by atoms with Gasteiger partial charge in [0, 0.05) is 11.8 Å². The van der Waals surface area contributed by atoms with Crippen molar-refractivity contribution >= 4 is 45.8 Å². The van der Waals surface area contributed by atoms with Crippen LogP contribution in [0.1, 0.15) is 55.0 Å². The molecule has 0 spiro atoms. The van der Waals surface area contributed by atoms with E-state index in [0.717, 1.165) is 29.3 Å². The number of hydrogen-bond donors (Lipinski definition) is 2. The summed E-state index contributed by atoms with van der Waals surface area (Å²) in [6.45, 7) is 4.45. The lowest BCUT2D eigenvalue weighted by Crippen LogP contribution is -2.28. The van der Waals surface area contributed by atoms with Gasteiger partial charge in [0.05, 0.1) is 0 Å². The lowest BCUT2D eigenvalue weighted by atomic mass is 9.68. The Morgan fingerprint density at radius 2 is 1.52 bits per heavy atom. The quantitative estimate of drug-likeness (QED) is 0.715. The maximum atomic E-state index is 10.6. The van der Waals surface area contributed by atoms with Gasteiger partial charge in [-0.1, -0.05) is 42.9 Å². The number of hydrogen-bond acceptors (Lipinski definition) is 8. The summed E-state index contributed by atoms with van der Waals surface area (Å²) in [5.74, 6) is 1.58. The summed E-state index contributed by atoms with van der Waals surface area (Å²) in [4.78, 5) is 21.2. The molecule has 0 aliphatic heterocycles. The zero-order valence-corrected chi connectivity index (χ0v) is 15.6. The fourth-order valence-corrected chi connectivity index (χ4v) is 5.45. The molecule has 2 N–H and O–H groups in total. The van der Waals surface area contributed by atoms with Crippen molar-refractivity contribution in [3.05, 3.63) is 10.0 Å². The first-order chi connectivity index (χ1) is 12.2. The summed E-state index contributed by atoms with van der Waals surface area (Å²) in [6, 6.07) is 0. The molecular weight excluding hydrogens is 360 g/mol. The van der Waals surface area contributed by atoms with Gasteiger partial charge in [-0.15, -0.1) is 20.4 Å². The highest BCUT2D eigenvalue weighted by molar-refractivity contribution is 7.15. The third-order valence-electron chi connectivity index (χ3n) is 4.84. The summed E-state index contributed by atoms with van der Waals surface area (Å²) < 4.78 is 0. The first-order valence-corrected chi connectivity index (χ1v) is 9.86. The number of anilines is 2. The van der Waals surface area contributed by atoms with Crippen LogP contribution in [0.2, 0.25) is 0 Å². The molecule has 2 aromatic rings. The lowest BCUT2D eigenvalue weighted by molar-refractivity contribution is -0.106. The lowest BCUT2D eigenvalue weighted by Gasteiger charge is -2.38. The van der Waals surface area contributed by atoms with Crippen molar-refractivity contribution in [3.8, 4) is 0 Å². The molecule has 2 amide bonds. The largest absolute Gasteiger partial charge is 0.303 e. The van der Waals surface area contributed by atoms with Gasteiger partial charge in [-0.2, -0.15) is 0 Å². The van der Waals surface area contributed by atoms with Crippen molar-refractivity contribution in [1.29, 1.82) is 0 Å². The molecule has 0 saturated heterocycles. The Kier molecular flexibility index (Phi) is 5.69. The van der Waals surface area contributed by atoms with Crippen LogP contribution in [-0.4, -0.2) is 33.2 Å². The fourth-order valence-electron chi connectivity index (χ4n) is 3.59. The molecule has 10 heteroatoms. The third-order valence-corrected chi connectivity index (χ3v) is 6.82. The molecule has 4 atom stereocenters. The van der Waals surface area contributed by atoms with E-state index in [0.29, 0.717) is 34.9 Å². The standard InChI is InChI=1S/C15H20N6O2S2/c1-3-9-4-8(2)10(12-18-20-14(24-12)16-6-22)5-11(9)13-19-21-15(25-13)17-7-23/h6-11H,3-5H2,1-2H3,(H,16,20,22)(H,17,21,23)/t8?,9?,10-,11-/m1/s1. The van der Waals surface area contributed by atoms with Gasteiger partial charge in [0.1, 0.15) is 10.0 Å². The minimum Gasteiger partial charge on any atom is -0.303 e. The van der Waals surface area contributed by atoms with Gasteiger partial charge in [-0.25, -0.2) is 0 Å². The molecule has 25 heavy (non-hydrogen) atoms. The van der Waals surface area contributed by atoms with Gasteiger partial charge in [0.25, 0.3) is 0 Å². The van der Waals surface area contributed by atoms with E-state index < -0.39 is 0 Å². The maximum absolute atomic E-state index is 10.6. The SMILES string of the molecule is CCC1CC(C)[C@H](c2nnc(NC=O)s2)C[C@H]1c1nnc(NC=O)s1. The first-order valence-electron chi connectivity index (χ1n) is 8.23. The Labute approximate surface area is 153 Å². The second-order valence-corrected chi connectivity index (χ2v) is 8.26. The second-order valence-electron chi connectivity index (χ2n) is 6.25. The molecule has 2 aromatic heterocycles. The van der Waals surface area contributed by atoms with E-state index in [9.17, 15) is 9.59 Å². The van der Waals surface area contributed by atoms with E-state index in [1.54, 1.807) is 0 Å². The third kappa shape index (κ3) is 3.84. The molecule has 1 aliphatic carbocycles. The van der Waals surface area contributed by atoms with E-state index in [1.807, 2.05) is 0 Å². The smallest absolute Gasteiger partial charge is 0.213 e. The van der Waals surface area contributed by atoms with Gasteiger partial charge in [0.2, 0.25) is 23.1 Å². The molecule has 2 unspecified atom stereocenters. The van der Waals surface area contributed by atoms with E-state index in [4.69, 9.17) is 0 Å². The average molecular weight is 380 g/mol. The Morgan fingerprint density at radius 3 is 2.04 bits per heavy atom. The van der Waals surface area contributed by atoms with Gasteiger partial charge in [-0.3, -0.25) is 9.59 Å². The topological polar surface area (TPSA) is 110 Å². The Balaban J connectivity index is 1.83. The number of nitrogens with zero attached hydrogens (tertiary/aromatic N) is 4. The molecule has 2 heterocycles. The molecule has 1 fully saturated rings. The number of aromatic nitrogens is 4. The van der Waals surface area contributed by atoms with Crippen LogP contribution in [-0.2, 0) is 9.59 Å². The van der Waals surface area contributed by atoms with Crippen LogP contribution in [0.25, 0.3) is 0 Å². The van der Waals surface area contributed by atoms with Crippen LogP contribution >= 0.6 is 22.7 Å². The predicted molar refractivity (Wildman–Crippen MR) is 96.9 cm³/mol. The van der Waals surface area contributed by atoms with E-state index in [1.165, 1.54) is 22.7 Å². The minimum absolute atomic E-state index is 0.277. The Hall–Kier alpha value is -1.94. The van der Waals surface area contributed by atoms with Crippen molar-refractivity contribution in [3.63, 3.8) is 0 Å². The molecule has 1 saturated carbocycles. The summed E-state index contributed by atoms with van der Waals surface area (Å²) >= 11 is 2.87. The normalized spacial score (nSPS) is 26.2. The van der Waals surface area contributed by atoms with Crippen LogP contribution in [0.3, 0.4) is 0 Å². The molecule has 0 bridgehead atoms. The van der Waals surface area contributed by atoms with Crippen molar-refractivity contribution in [2.45, 2.75) is 44.9 Å². The summed E-state index contributed by atoms with van der Waals surface area (Å²) in [5, 5.41) is 24.8. The van der Waals surface area contributed by atoms with E-state index in [-0.39, 0.29) is 11.8 Å². The van der Waals surface area contributed by atoms with Crippen molar-refractivity contribution in [2.75, 3.05) is 10.6 Å². The minimum atomic E-state index is 0.277. The molecule has 1 aliphatic rings. The summed E-state index contributed by atoms with van der Waals surface area (Å²) in [7, 11) is 0. The van der Waals surface area contributed by atoms with Crippen LogP contribution in [0, 0.1) is 11.8 Å². The Bertz CT molecular complexity index is 733. The first kappa shape index (κ1) is 17.9. The zero-order chi connectivity index (χ0) is 17.8. The van der Waals surface area contributed by atoms with Crippen LogP contribution in [0.5, 0.6) is 0 Å². The number of carbonyl (C=O) groups is 2. The predicted octanol–water partition coefficient (Wildman–Crippen LogP) is 2.85. The highest BCUT2D eigenvalue weighted by atomic mass is 32.1. The molecular formula is C15H20N6O2S2. The molecule has 3 rings (SSSR count). The van der Waals surface area contributed by atoms with Crippen LogP contribution in [0.15, 0.2) is 0 Å². The number of amides is 2. The summed E-state index contributed by atoms with van der Waals surface area (Å²) in [6.07, 6.45) is 4.32. The van der Waals surface area contributed by atoms with Gasteiger partial charge in [-0.05, 0) is 24.7 Å². The molecule has 0 aromatic carbocycles. The van der Waals surface area contributed by atoms with Crippen LogP contribution < -0.4 is 10.6 Å². The van der Waals surface area contributed by atoms with E-state index >= 15 is 0 Å². The van der Waals surface area contributed by atoms with Gasteiger partial charge < -0.3 is 10.6 Å². The van der Waals surface area contributed by atoms with Crippen molar-refractivity contribution in [2.24, 2.45) is 11.8 Å². The number of carbonyl (C=O) groups excluding carboxylic acids is 2. The highest BCUT2D eigenvalue weighted by Crippen LogP contribution is 2.50. The van der Waals surface area contributed by atoms with E-state index in [2.05, 4.69) is 44.9 Å². The van der Waals surface area contributed by atoms with Crippen LogP contribution in [0.4, 0.5) is 10.3 Å². The van der Waals surface area contributed by atoms with Crippen molar-refractivity contribution in [1.82, 2.24) is 20.4 Å². The fraction of sp³-hybridized carbons (Fsp3) is 0.600. The Morgan fingerprint density at radius 1 is 0.960 bits per heavy atom. The summed E-state index contributed by atoms with van der Waals surface area (Å²) in [5.41, 5.74) is 0. The maximum Gasteiger partial charge on any atom is 0.213 e. The van der Waals surface area contributed by atoms with Gasteiger partial charge >= 0.3 is 0 Å². The number of nitrogens with one attached hydrogen (secondary N) is 2. The average Bonchev–Trinajstić information content (AvgIpc) is 3.25. The monoisotopic (exact) mass is 380 g/mol. The zero-order valence-electron chi connectivity index (χ0n) is 14.0. The number of rotatable bonds is 7. The van der Waals surface area contributed by atoms with Gasteiger partial charge in [0.15, 0.2) is 0 Å². The molecule has 134 valence electrons. The molecule has 0 radical (unpaired) electrons. The highest BCUT2D eigenvalue weighted by Gasteiger charge is 2.39. The molecule has 8 nitrogen and oxygen atoms in total.